The van der Waals surface area contributed by atoms with Crippen LogP contribution in [0.15, 0.2) is 60.7 Å². The third-order valence-electron chi connectivity index (χ3n) is 6.05. The van der Waals surface area contributed by atoms with Crippen LogP contribution >= 0.6 is 0 Å². The highest BCUT2D eigenvalue weighted by Gasteiger charge is 2.21. The fourth-order valence-corrected chi connectivity index (χ4v) is 4.19. The Morgan fingerprint density at radius 2 is 1.74 bits per heavy atom. The number of hydrogen-bond acceptors (Lipinski definition) is 3. The Morgan fingerprint density at radius 3 is 2.48 bits per heavy atom. The van der Waals surface area contributed by atoms with Crippen LogP contribution in [-0.2, 0) is 11.3 Å². The number of aromatic nitrogens is 2. The minimum atomic E-state index is 0.0448. The van der Waals surface area contributed by atoms with Gasteiger partial charge in [-0.15, -0.1) is 0 Å². The number of rotatable bonds is 7. The predicted molar refractivity (Wildman–Crippen MR) is 126 cm³/mol. The van der Waals surface area contributed by atoms with Gasteiger partial charge in [0.25, 0.3) is 0 Å². The van der Waals surface area contributed by atoms with Crippen molar-refractivity contribution in [1.82, 2.24) is 14.5 Å². The first-order valence-electron chi connectivity index (χ1n) is 10.9. The Morgan fingerprint density at radius 1 is 1.03 bits per heavy atom. The van der Waals surface area contributed by atoms with Crippen molar-refractivity contribution < 1.29 is 9.53 Å². The van der Waals surface area contributed by atoms with Crippen molar-refractivity contribution in [1.29, 1.82) is 0 Å². The van der Waals surface area contributed by atoms with Gasteiger partial charge < -0.3 is 14.2 Å². The van der Waals surface area contributed by atoms with Crippen molar-refractivity contribution in [2.45, 2.75) is 33.2 Å². The molecule has 0 fully saturated rings. The first-order chi connectivity index (χ1) is 15.0. The molecule has 1 heterocycles. The summed E-state index contributed by atoms with van der Waals surface area (Å²) in [7, 11) is 1.68. The molecule has 160 valence electrons. The molecule has 0 saturated heterocycles. The Bertz CT molecular complexity index is 1220. The lowest BCUT2D eigenvalue weighted by Crippen LogP contribution is -2.34. The number of ether oxygens (including phenoxy) is 1. The number of fused-ring (bicyclic) bond motifs is 2. The smallest absolute Gasteiger partial charge is 0.242 e. The highest BCUT2D eigenvalue weighted by Crippen LogP contribution is 2.30. The molecule has 1 unspecified atom stereocenters. The lowest BCUT2D eigenvalue weighted by molar-refractivity contribution is -0.131. The fraction of sp³-hybridized carbons (Fsp3) is 0.308. The molecule has 4 aromatic rings. The number of benzene rings is 3. The molecule has 1 aromatic heterocycles. The third kappa shape index (κ3) is 4.00. The molecule has 0 aliphatic rings. The summed E-state index contributed by atoms with van der Waals surface area (Å²) in [5, 5.41) is 2.30. The maximum Gasteiger partial charge on any atom is 0.242 e. The summed E-state index contributed by atoms with van der Waals surface area (Å²) in [5.74, 6) is 1.93. The van der Waals surface area contributed by atoms with E-state index in [0.717, 1.165) is 33.4 Å². The summed E-state index contributed by atoms with van der Waals surface area (Å²) in [4.78, 5) is 19.7. The molecular formula is C26H29N3O2. The van der Waals surface area contributed by atoms with Crippen molar-refractivity contribution >= 4 is 27.7 Å². The van der Waals surface area contributed by atoms with Gasteiger partial charge >= 0.3 is 0 Å². The van der Waals surface area contributed by atoms with Crippen LogP contribution in [0, 0.1) is 0 Å². The van der Waals surface area contributed by atoms with E-state index >= 15 is 0 Å². The number of carbonyl (C=O) groups excluding carboxylic acids is 1. The largest absolute Gasteiger partial charge is 0.497 e. The second kappa shape index (κ2) is 8.80. The maximum atomic E-state index is 12.9. The quantitative estimate of drug-likeness (QED) is 0.416. The molecule has 5 heteroatoms. The predicted octanol–water partition coefficient (Wildman–Crippen LogP) is 5.22. The molecular weight excluding hydrogens is 386 g/mol. The van der Waals surface area contributed by atoms with E-state index in [4.69, 9.17) is 9.72 Å². The monoisotopic (exact) mass is 415 g/mol. The summed E-state index contributed by atoms with van der Waals surface area (Å²) in [6, 6.07) is 20.6. The number of amides is 1. The molecule has 4 rings (SSSR count). The zero-order valence-electron chi connectivity index (χ0n) is 18.6. The number of likely N-dealkylation sites (N-methyl/N-ethyl adjacent to an activating group) is 1. The van der Waals surface area contributed by atoms with E-state index in [1.165, 1.54) is 5.56 Å². The Kier molecular flexibility index (Phi) is 5.94. The van der Waals surface area contributed by atoms with Crippen LogP contribution in [0.2, 0.25) is 0 Å². The van der Waals surface area contributed by atoms with E-state index in [0.29, 0.717) is 19.6 Å². The van der Waals surface area contributed by atoms with E-state index in [9.17, 15) is 4.79 Å². The standard InChI is InChI=1S/C26H29N3O2/c1-5-28(6-2)25(30)17-29-24-10-8-7-9-23(24)27-26(29)18(3)19-11-12-21-16-22(31-4)14-13-20(21)15-19/h7-16,18H,5-6,17H2,1-4H3. The summed E-state index contributed by atoms with van der Waals surface area (Å²) in [6.45, 7) is 7.90. The van der Waals surface area contributed by atoms with Gasteiger partial charge in [-0.25, -0.2) is 4.98 Å². The lowest BCUT2D eigenvalue weighted by Gasteiger charge is -2.21. The average molecular weight is 416 g/mol. The van der Waals surface area contributed by atoms with Gasteiger partial charge in [-0.1, -0.05) is 43.3 Å². The van der Waals surface area contributed by atoms with Gasteiger partial charge in [-0.3, -0.25) is 4.79 Å². The fourth-order valence-electron chi connectivity index (χ4n) is 4.19. The van der Waals surface area contributed by atoms with Gasteiger partial charge in [0.2, 0.25) is 5.91 Å². The first-order valence-corrected chi connectivity index (χ1v) is 10.9. The van der Waals surface area contributed by atoms with Crippen LogP contribution < -0.4 is 4.74 Å². The van der Waals surface area contributed by atoms with Crippen LogP contribution in [-0.4, -0.2) is 40.6 Å². The molecule has 0 bridgehead atoms. The second-order valence-electron chi connectivity index (χ2n) is 7.81. The molecule has 5 nitrogen and oxygen atoms in total. The third-order valence-corrected chi connectivity index (χ3v) is 6.05. The number of imidazole rings is 1. The van der Waals surface area contributed by atoms with Crippen molar-refractivity contribution in [3.8, 4) is 5.75 Å². The summed E-state index contributed by atoms with van der Waals surface area (Å²) < 4.78 is 7.43. The topological polar surface area (TPSA) is 47.4 Å². The van der Waals surface area contributed by atoms with Crippen molar-refractivity contribution in [2.24, 2.45) is 0 Å². The second-order valence-corrected chi connectivity index (χ2v) is 7.81. The Balaban J connectivity index is 1.76. The molecule has 0 aliphatic heterocycles. The van der Waals surface area contributed by atoms with Crippen LogP contribution in [0.4, 0.5) is 0 Å². The number of nitrogens with zero attached hydrogens (tertiary/aromatic N) is 3. The van der Waals surface area contributed by atoms with Gasteiger partial charge in [0.1, 0.15) is 18.1 Å². The van der Waals surface area contributed by atoms with Gasteiger partial charge in [0.15, 0.2) is 0 Å². The van der Waals surface area contributed by atoms with Crippen molar-refractivity contribution in [3.05, 3.63) is 72.1 Å². The van der Waals surface area contributed by atoms with E-state index in [1.807, 2.05) is 55.1 Å². The average Bonchev–Trinajstić information content (AvgIpc) is 3.17. The van der Waals surface area contributed by atoms with Gasteiger partial charge in [-0.2, -0.15) is 0 Å². The Labute approximate surface area is 183 Å². The number of para-hydroxylation sites is 2. The molecule has 0 radical (unpaired) electrons. The van der Waals surface area contributed by atoms with Gasteiger partial charge in [0.05, 0.1) is 18.1 Å². The minimum absolute atomic E-state index is 0.0448. The normalized spacial score (nSPS) is 12.3. The number of hydrogen-bond donors (Lipinski definition) is 0. The summed E-state index contributed by atoms with van der Waals surface area (Å²) >= 11 is 0. The zero-order valence-corrected chi connectivity index (χ0v) is 18.6. The number of carbonyl (C=O) groups is 1. The molecule has 1 atom stereocenters. The van der Waals surface area contributed by atoms with Crippen LogP contribution in [0.5, 0.6) is 5.75 Å². The molecule has 0 aliphatic carbocycles. The molecule has 31 heavy (non-hydrogen) atoms. The summed E-state index contributed by atoms with van der Waals surface area (Å²) in [6.07, 6.45) is 0. The van der Waals surface area contributed by atoms with E-state index < -0.39 is 0 Å². The van der Waals surface area contributed by atoms with Crippen LogP contribution in [0.25, 0.3) is 21.8 Å². The van der Waals surface area contributed by atoms with Gasteiger partial charge in [0, 0.05) is 19.0 Å². The highest BCUT2D eigenvalue weighted by molar-refractivity contribution is 5.85. The Hall–Kier alpha value is -3.34. The van der Waals surface area contributed by atoms with E-state index in [2.05, 4.69) is 35.8 Å². The molecule has 1 amide bonds. The zero-order chi connectivity index (χ0) is 22.0. The van der Waals surface area contributed by atoms with Crippen LogP contribution in [0.1, 0.15) is 38.1 Å². The van der Waals surface area contributed by atoms with Gasteiger partial charge in [-0.05, 0) is 54.4 Å². The first kappa shape index (κ1) is 20.9. The number of methoxy groups -OCH3 is 1. The van der Waals surface area contributed by atoms with Crippen molar-refractivity contribution in [3.63, 3.8) is 0 Å². The summed E-state index contributed by atoms with van der Waals surface area (Å²) in [5.41, 5.74) is 3.09. The van der Waals surface area contributed by atoms with E-state index in [-0.39, 0.29) is 11.8 Å². The highest BCUT2D eigenvalue weighted by atomic mass is 16.5. The van der Waals surface area contributed by atoms with Crippen molar-refractivity contribution in [2.75, 3.05) is 20.2 Å². The lowest BCUT2D eigenvalue weighted by atomic mass is 9.97. The van der Waals surface area contributed by atoms with Crippen LogP contribution in [0.3, 0.4) is 0 Å². The molecule has 0 saturated carbocycles. The maximum absolute atomic E-state index is 12.9. The molecule has 3 aromatic carbocycles. The SMILES string of the molecule is CCN(CC)C(=O)Cn1c(C(C)c2ccc3cc(OC)ccc3c2)nc2ccccc21. The van der Waals surface area contributed by atoms with E-state index in [1.54, 1.807) is 7.11 Å². The molecule has 0 N–H and O–H groups in total. The molecule has 0 spiro atoms. The minimum Gasteiger partial charge on any atom is -0.497 e.